The van der Waals surface area contributed by atoms with E-state index < -0.39 is 0 Å². The van der Waals surface area contributed by atoms with Crippen molar-refractivity contribution in [1.29, 1.82) is 0 Å². The van der Waals surface area contributed by atoms with Gasteiger partial charge in [0.2, 0.25) is 0 Å². The average molecular weight is 310 g/mol. The van der Waals surface area contributed by atoms with E-state index in [2.05, 4.69) is 18.7 Å². The molecule has 1 aromatic carbocycles. The van der Waals surface area contributed by atoms with Gasteiger partial charge in [-0.1, -0.05) is 24.4 Å². The van der Waals surface area contributed by atoms with Gasteiger partial charge >= 0.3 is 0 Å². The Morgan fingerprint density at radius 2 is 1.81 bits per heavy atom. The first-order valence-corrected chi connectivity index (χ1v) is 7.82. The quantitative estimate of drug-likeness (QED) is 0.673. The van der Waals surface area contributed by atoms with E-state index in [0.717, 1.165) is 31.0 Å². The molecular formula is C16H26N2O2S. The SMILES string of the molecule is CCOc1ccccc1OCCN(CCC(N)=S)C(C)C. The van der Waals surface area contributed by atoms with E-state index in [4.69, 9.17) is 27.4 Å². The Balaban J connectivity index is 2.48. The summed E-state index contributed by atoms with van der Waals surface area (Å²) in [6, 6.07) is 8.18. The fourth-order valence-corrected chi connectivity index (χ4v) is 2.09. The van der Waals surface area contributed by atoms with Crippen LogP contribution in [0.1, 0.15) is 27.2 Å². The molecule has 0 spiro atoms. The Bertz CT molecular complexity index is 438. The minimum atomic E-state index is 0.435. The van der Waals surface area contributed by atoms with E-state index in [-0.39, 0.29) is 0 Å². The van der Waals surface area contributed by atoms with Gasteiger partial charge in [0, 0.05) is 25.6 Å². The van der Waals surface area contributed by atoms with E-state index in [9.17, 15) is 0 Å². The van der Waals surface area contributed by atoms with Crippen LogP contribution < -0.4 is 15.2 Å². The maximum atomic E-state index is 5.85. The number of thiocarbonyl (C=S) groups is 1. The lowest BCUT2D eigenvalue weighted by atomic mass is 10.3. The molecule has 0 aromatic heterocycles. The molecule has 1 rings (SSSR count). The van der Waals surface area contributed by atoms with Crippen LogP contribution >= 0.6 is 12.2 Å². The summed E-state index contributed by atoms with van der Waals surface area (Å²) in [6.07, 6.45) is 0.739. The van der Waals surface area contributed by atoms with Crippen LogP contribution in [0.2, 0.25) is 0 Å². The zero-order valence-corrected chi connectivity index (χ0v) is 14.0. The molecule has 0 unspecified atom stereocenters. The van der Waals surface area contributed by atoms with Crippen molar-refractivity contribution in [2.24, 2.45) is 5.73 Å². The highest BCUT2D eigenvalue weighted by molar-refractivity contribution is 7.80. The predicted molar refractivity (Wildman–Crippen MR) is 91.2 cm³/mol. The minimum absolute atomic E-state index is 0.435. The van der Waals surface area contributed by atoms with E-state index in [1.54, 1.807) is 0 Å². The van der Waals surface area contributed by atoms with E-state index >= 15 is 0 Å². The highest BCUT2D eigenvalue weighted by atomic mass is 32.1. The molecule has 0 fully saturated rings. The van der Waals surface area contributed by atoms with Gasteiger partial charge in [0.05, 0.1) is 11.6 Å². The highest BCUT2D eigenvalue weighted by Crippen LogP contribution is 2.26. The van der Waals surface area contributed by atoms with E-state index in [1.165, 1.54) is 0 Å². The molecule has 0 aliphatic rings. The first kappa shape index (κ1) is 17.7. The molecule has 0 saturated heterocycles. The molecule has 0 atom stereocenters. The average Bonchev–Trinajstić information content (AvgIpc) is 2.44. The van der Waals surface area contributed by atoms with Crippen molar-refractivity contribution < 1.29 is 9.47 Å². The number of ether oxygens (including phenoxy) is 2. The Kier molecular flexibility index (Phi) is 8.08. The Morgan fingerprint density at radius 3 is 2.33 bits per heavy atom. The number of rotatable bonds is 10. The van der Waals surface area contributed by atoms with Gasteiger partial charge in [0.1, 0.15) is 6.61 Å². The molecule has 0 radical (unpaired) electrons. The van der Waals surface area contributed by atoms with Crippen LogP contribution in [-0.2, 0) is 0 Å². The Morgan fingerprint density at radius 1 is 1.19 bits per heavy atom. The van der Waals surface area contributed by atoms with Crippen LogP contribution in [0.4, 0.5) is 0 Å². The summed E-state index contributed by atoms with van der Waals surface area (Å²) in [5.74, 6) is 1.58. The van der Waals surface area contributed by atoms with Crippen LogP contribution in [0.3, 0.4) is 0 Å². The van der Waals surface area contributed by atoms with Crippen molar-refractivity contribution in [3.63, 3.8) is 0 Å². The first-order valence-electron chi connectivity index (χ1n) is 7.41. The molecule has 4 nitrogen and oxygen atoms in total. The third-order valence-corrected chi connectivity index (χ3v) is 3.36. The molecular weight excluding hydrogens is 284 g/mol. The summed E-state index contributed by atoms with van der Waals surface area (Å²) < 4.78 is 11.4. The summed E-state index contributed by atoms with van der Waals surface area (Å²) in [5, 5.41) is 0. The molecule has 0 heterocycles. The fourth-order valence-electron chi connectivity index (χ4n) is 2.00. The maximum Gasteiger partial charge on any atom is 0.161 e. The number of nitrogens with two attached hydrogens (primary N) is 1. The van der Waals surface area contributed by atoms with Gasteiger partial charge in [-0.2, -0.15) is 0 Å². The predicted octanol–water partition coefficient (Wildman–Crippen LogP) is 2.85. The molecule has 5 heteroatoms. The molecule has 0 amide bonds. The number of nitrogens with zero attached hydrogens (tertiary/aromatic N) is 1. The number of hydrogen-bond donors (Lipinski definition) is 1. The standard InChI is InChI=1S/C16H26N2O2S/c1-4-19-14-7-5-6-8-15(14)20-12-11-18(13(2)3)10-9-16(17)21/h5-8,13H,4,9-12H2,1-3H3,(H2,17,21). The van der Waals surface area contributed by atoms with Gasteiger partial charge in [0.15, 0.2) is 11.5 Å². The van der Waals surface area contributed by atoms with Crippen LogP contribution in [0.25, 0.3) is 0 Å². The normalized spacial score (nSPS) is 10.9. The molecule has 2 N–H and O–H groups in total. The van der Waals surface area contributed by atoms with Crippen LogP contribution in [-0.4, -0.2) is 42.2 Å². The largest absolute Gasteiger partial charge is 0.490 e. The highest BCUT2D eigenvalue weighted by Gasteiger charge is 2.10. The van der Waals surface area contributed by atoms with Crippen molar-refractivity contribution in [3.05, 3.63) is 24.3 Å². The molecule has 0 bridgehead atoms. The second kappa shape index (κ2) is 9.58. The second-order valence-electron chi connectivity index (χ2n) is 5.07. The Labute approximate surface area is 133 Å². The Hall–Kier alpha value is -1.33. The second-order valence-corrected chi connectivity index (χ2v) is 5.60. The first-order chi connectivity index (χ1) is 10.0. The summed E-state index contributed by atoms with van der Waals surface area (Å²) >= 11 is 4.94. The molecule has 0 saturated carbocycles. The van der Waals surface area contributed by atoms with Crippen LogP contribution in [0, 0.1) is 0 Å². The summed E-state index contributed by atoms with van der Waals surface area (Å²) in [4.78, 5) is 2.87. The lowest BCUT2D eigenvalue weighted by Crippen LogP contribution is -2.36. The van der Waals surface area contributed by atoms with Gasteiger partial charge in [-0.3, -0.25) is 4.90 Å². The van der Waals surface area contributed by atoms with Crippen molar-refractivity contribution in [2.45, 2.75) is 33.2 Å². The van der Waals surface area contributed by atoms with Crippen molar-refractivity contribution >= 4 is 17.2 Å². The summed E-state index contributed by atoms with van der Waals surface area (Å²) in [5.41, 5.74) is 5.57. The van der Waals surface area contributed by atoms with Crippen LogP contribution in [0.5, 0.6) is 11.5 Å². The van der Waals surface area contributed by atoms with Crippen molar-refractivity contribution in [3.8, 4) is 11.5 Å². The van der Waals surface area contributed by atoms with E-state index in [0.29, 0.717) is 24.2 Å². The molecule has 0 aliphatic heterocycles. The van der Waals surface area contributed by atoms with Crippen LogP contribution in [0.15, 0.2) is 24.3 Å². The molecule has 0 aliphatic carbocycles. The molecule has 118 valence electrons. The fraction of sp³-hybridized carbons (Fsp3) is 0.562. The van der Waals surface area contributed by atoms with Gasteiger partial charge in [-0.25, -0.2) is 0 Å². The van der Waals surface area contributed by atoms with E-state index in [1.807, 2.05) is 31.2 Å². The lowest BCUT2D eigenvalue weighted by molar-refractivity contribution is 0.176. The molecule has 21 heavy (non-hydrogen) atoms. The topological polar surface area (TPSA) is 47.7 Å². The minimum Gasteiger partial charge on any atom is -0.490 e. The monoisotopic (exact) mass is 310 g/mol. The third kappa shape index (κ3) is 6.78. The molecule has 1 aromatic rings. The maximum absolute atomic E-state index is 5.85. The van der Waals surface area contributed by atoms with Gasteiger partial charge in [0.25, 0.3) is 0 Å². The summed E-state index contributed by atoms with van der Waals surface area (Å²) in [7, 11) is 0. The number of hydrogen-bond acceptors (Lipinski definition) is 4. The van der Waals surface area contributed by atoms with Gasteiger partial charge < -0.3 is 15.2 Å². The zero-order chi connectivity index (χ0) is 15.7. The number of benzene rings is 1. The van der Waals surface area contributed by atoms with Crippen molar-refractivity contribution in [1.82, 2.24) is 4.90 Å². The van der Waals surface area contributed by atoms with Gasteiger partial charge in [-0.15, -0.1) is 0 Å². The van der Waals surface area contributed by atoms with Gasteiger partial charge in [-0.05, 0) is 32.9 Å². The zero-order valence-electron chi connectivity index (χ0n) is 13.2. The lowest BCUT2D eigenvalue weighted by Gasteiger charge is -2.26. The number of para-hydroxylation sites is 2. The van der Waals surface area contributed by atoms with Crippen molar-refractivity contribution in [2.75, 3.05) is 26.3 Å². The third-order valence-electron chi connectivity index (χ3n) is 3.16. The summed E-state index contributed by atoms with van der Waals surface area (Å²) in [6.45, 7) is 9.23. The smallest absolute Gasteiger partial charge is 0.161 e.